The standard InChI is InChI=1S/C15H11FN2/c1-10-2-5-13-11(8-10)3-6-14(18-13)12-4-7-15(16)17-9-12/h2-9H,1H3. The molecule has 18 heavy (non-hydrogen) atoms. The highest BCUT2D eigenvalue weighted by Gasteiger charge is 2.02. The van der Waals surface area contributed by atoms with Gasteiger partial charge in [-0.05, 0) is 37.3 Å². The van der Waals surface area contributed by atoms with Gasteiger partial charge in [0.05, 0.1) is 11.2 Å². The number of hydrogen-bond acceptors (Lipinski definition) is 2. The summed E-state index contributed by atoms with van der Waals surface area (Å²) in [6.45, 7) is 2.05. The number of aryl methyl sites for hydroxylation is 1. The Hall–Kier alpha value is -2.29. The second-order valence-electron chi connectivity index (χ2n) is 4.26. The van der Waals surface area contributed by atoms with Crippen LogP contribution in [0.15, 0.2) is 48.7 Å². The van der Waals surface area contributed by atoms with Gasteiger partial charge in [-0.3, -0.25) is 0 Å². The van der Waals surface area contributed by atoms with Crippen molar-refractivity contribution in [3.05, 3.63) is 60.2 Å². The van der Waals surface area contributed by atoms with E-state index in [0.717, 1.165) is 22.2 Å². The molecule has 0 unspecified atom stereocenters. The molecule has 2 nitrogen and oxygen atoms in total. The lowest BCUT2D eigenvalue weighted by Gasteiger charge is -2.03. The summed E-state index contributed by atoms with van der Waals surface area (Å²) in [6.07, 6.45) is 1.50. The van der Waals surface area contributed by atoms with Gasteiger partial charge in [0.2, 0.25) is 5.95 Å². The molecule has 0 amide bonds. The van der Waals surface area contributed by atoms with Crippen molar-refractivity contribution in [1.29, 1.82) is 0 Å². The zero-order valence-electron chi connectivity index (χ0n) is 9.89. The fraction of sp³-hybridized carbons (Fsp3) is 0.0667. The summed E-state index contributed by atoms with van der Waals surface area (Å²) in [5, 5.41) is 1.11. The number of rotatable bonds is 1. The number of benzene rings is 1. The summed E-state index contributed by atoms with van der Waals surface area (Å²) in [4.78, 5) is 8.20. The third kappa shape index (κ3) is 1.95. The van der Waals surface area contributed by atoms with E-state index in [1.807, 2.05) is 24.3 Å². The number of hydrogen-bond donors (Lipinski definition) is 0. The molecule has 0 saturated heterocycles. The van der Waals surface area contributed by atoms with E-state index in [1.165, 1.54) is 17.8 Å². The second-order valence-corrected chi connectivity index (χ2v) is 4.26. The third-order valence-corrected chi connectivity index (χ3v) is 2.87. The second kappa shape index (κ2) is 4.18. The van der Waals surface area contributed by atoms with Gasteiger partial charge in [-0.2, -0.15) is 4.39 Å². The van der Waals surface area contributed by atoms with Gasteiger partial charge in [-0.25, -0.2) is 9.97 Å². The van der Waals surface area contributed by atoms with Crippen molar-refractivity contribution < 1.29 is 4.39 Å². The summed E-state index contributed by atoms with van der Waals surface area (Å²) in [7, 11) is 0. The molecular weight excluding hydrogens is 227 g/mol. The molecule has 0 N–H and O–H groups in total. The van der Waals surface area contributed by atoms with Crippen LogP contribution in [0.25, 0.3) is 22.2 Å². The Morgan fingerprint density at radius 3 is 2.67 bits per heavy atom. The van der Waals surface area contributed by atoms with Gasteiger partial charge in [0.25, 0.3) is 0 Å². The van der Waals surface area contributed by atoms with Crippen LogP contribution in [0.3, 0.4) is 0 Å². The van der Waals surface area contributed by atoms with Gasteiger partial charge in [-0.15, -0.1) is 0 Å². The predicted molar refractivity (Wildman–Crippen MR) is 69.7 cm³/mol. The van der Waals surface area contributed by atoms with Crippen LogP contribution >= 0.6 is 0 Å². The Morgan fingerprint density at radius 2 is 1.89 bits per heavy atom. The fourth-order valence-electron chi connectivity index (χ4n) is 1.93. The highest BCUT2D eigenvalue weighted by molar-refractivity contribution is 5.82. The van der Waals surface area contributed by atoms with Gasteiger partial charge >= 0.3 is 0 Å². The summed E-state index contributed by atoms with van der Waals surface area (Å²) in [6, 6.07) is 13.1. The molecule has 0 spiro atoms. The molecule has 0 atom stereocenters. The zero-order valence-corrected chi connectivity index (χ0v) is 9.89. The van der Waals surface area contributed by atoms with Crippen molar-refractivity contribution in [1.82, 2.24) is 9.97 Å². The number of aromatic nitrogens is 2. The first kappa shape index (κ1) is 10.8. The summed E-state index contributed by atoms with van der Waals surface area (Å²) in [5.41, 5.74) is 3.76. The normalized spacial score (nSPS) is 10.8. The van der Waals surface area contributed by atoms with Gasteiger partial charge in [0.1, 0.15) is 0 Å². The number of pyridine rings is 2. The first-order valence-corrected chi connectivity index (χ1v) is 5.72. The van der Waals surface area contributed by atoms with E-state index >= 15 is 0 Å². The minimum atomic E-state index is -0.477. The molecule has 3 aromatic rings. The zero-order chi connectivity index (χ0) is 12.5. The van der Waals surface area contributed by atoms with Gasteiger partial charge < -0.3 is 0 Å². The fourth-order valence-corrected chi connectivity index (χ4v) is 1.93. The van der Waals surface area contributed by atoms with E-state index in [4.69, 9.17) is 0 Å². The Bertz CT molecular complexity index is 705. The molecule has 0 saturated carbocycles. The molecule has 0 bridgehead atoms. The molecule has 0 aliphatic heterocycles. The molecule has 2 aromatic heterocycles. The molecular formula is C15H11FN2. The summed E-state index contributed by atoms with van der Waals surface area (Å²) >= 11 is 0. The van der Waals surface area contributed by atoms with Crippen molar-refractivity contribution in [2.24, 2.45) is 0 Å². The molecule has 88 valence electrons. The molecule has 3 rings (SSSR count). The minimum absolute atomic E-state index is 0.477. The minimum Gasteiger partial charge on any atom is -0.248 e. The van der Waals surface area contributed by atoms with Crippen LogP contribution in [0.4, 0.5) is 4.39 Å². The predicted octanol–water partition coefficient (Wildman–Crippen LogP) is 3.74. The maximum absolute atomic E-state index is 12.8. The van der Waals surface area contributed by atoms with Crippen molar-refractivity contribution in [3.8, 4) is 11.3 Å². The van der Waals surface area contributed by atoms with Crippen LogP contribution < -0.4 is 0 Å². The van der Waals surface area contributed by atoms with Crippen LogP contribution in [0.1, 0.15) is 5.56 Å². The Kier molecular flexibility index (Phi) is 2.52. The lowest BCUT2D eigenvalue weighted by molar-refractivity contribution is 0.584. The summed E-state index contributed by atoms with van der Waals surface area (Å²) < 4.78 is 12.8. The molecule has 2 heterocycles. The third-order valence-electron chi connectivity index (χ3n) is 2.87. The van der Waals surface area contributed by atoms with E-state index in [0.29, 0.717) is 0 Å². The number of fused-ring (bicyclic) bond motifs is 1. The molecule has 0 radical (unpaired) electrons. The largest absolute Gasteiger partial charge is 0.248 e. The maximum atomic E-state index is 12.8. The average molecular weight is 238 g/mol. The topological polar surface area (TPSA) is 25.8 Å². The monoisotopic (exact) mass is 238 g/mol. The highest BCUT2D eigenvalue weighted by atomic mass is 19.1. The van der Waals surface area contributed by atoms with Gasteiger partial charge in [0, 0.05) is 17.1 Å². The van der Waals surface area contributed by atoms with Gasteiger partial charge in [-0.1, -0.05) is 17.7 Å². The average Bonchev–Trinajstić information content (AvgIpc) is 2.39. The first-order chi connectivity index (χ1) is 8.72. The highest BCUT2D eigenvalue weighted by Crippen LogP contribution is 2.21. The van der Waals surface area contributed by atoms with E-state index in [-0.39, 0.29) is 0 Å². The summed E-state index contributed by atoms with van der Waals surface area (Å²) in [5.74, 6) is -0.477. The van der Waals surface area contributed by atoms with Crippen molar-refractivity contribution >= 4 is 10.9 Å². The molecule has 1 aromatic carbocycles. The van der Waals surface area contributed by atoms with Crippen molar-refractivity contribution in [2.45, 2.75) is 6.92 Å². The Labute approximate surface area is 104 Å². The SMILES string of the molecule is Cc1ccc2nc(-c3ccc(F)nc3)ccc2c1. The quantitative estimate of drug-likeness (QED) is 0.603. The smallest absolute Gasteiger partial charge is 0.212 e. The van der Waals surface area contributed by atoms with Gasteiger partial charge in [0.15, 0.2) is 0 Å². The molecule has 0 aliphatic rings. The Morgan fingerprint density at radius 1 is 1.00 bits per heavy atom. The van der Waals surface area contributed by atoms with E-state index in [1.54, 1.807) is 6.07 Å². The van der Waals surface area contributed by atoms with Crippen LogP contribution in [0, 0.1) is 12.9 Å². The first-order valence-electron chi connectivity index (χ1n) is 5.72. The van der Waals surface area contributed by atoms with E-state index in [2.05, 4.69) is 23.0 Å². The van der Waals surface area contributed by atoms with Crippen LogP contribution in [0.5, 0.6) is 0 Å². The lowest BCUT2D eigenvalue weighted by Crippen LogP contribution is -1.88. The van der Waals surface area contributed by atoms with E-state index in [9.17, 15) is 4.39 Å². The Balaban J connectivity index is 2.13. The van der Waals surface area contributed by atoms with Crippen LogP contribution in [-0.4, -0.2) is 9.97 Å². The number of halogens is 1. The van der Waals surface area contributed by atoms with Crippen molar-refractivity contribution in [3.63, 3.8) is 0 Å². The van der Waals surface area contributed by atoms with Crippen LogP contribution in [0.2, 0.25) is 0 Å². The maximum Gasteiger partial charge on any atom is 0.212 e. The van der Waals surface area contributed by atoms with Crippen molar-refractivity contribution in [2.75, 3.05) is 0 Å². The van der Waals surface area contributed by atoms with Crippen LogP contribution in [-0.2, 0) is 0 Å². The molecule has 3 heteroatoms. The number of nitrogens with zero attached hydrogens (tertiary/aromatic N) is 2. The van der Waals surface area contributed by atoms with E-state index < -0.39 is 5.95 Å². The molecule has 0 fully saturated rings. The molecule has 0 aliphatic carbocycles. The lowest BCUT2D eigenvalue weighted by atomic mass is 10.1.